The number of ketones is 1. The highest BCUT2D eigenvalue weighted by atomic mass is 28.4. The Hall–Kier alpha value is -7.25. The zero-order valence-corrected chi connectivity index (χ0v) is 52.7. The van der Waals surface area contributed by atoms with Crippen molar-refractivity contribution >= 4 is 50.5 Å². The van der Waals surface area contributed by atoms with Gasteiger partial charge in [0, 0.05) is 24.3 Å². The summed E-state index contributed by atoms with van der Waals surface area (Å²) >= 11 is 0. The molecule has 3 aromatic carbocycles. The number of ether oxygens (including phenoxy) is 9. The first kappa shape index (κ1) is 68.1. The fourth-order valence-corrected chi connectivity index (χ4v) is 13.2. The lowest BCUT2D eigenvalue weighted by molar-refractivity contribution is -0.298. The zero-order valence-electron chi connectivity index (χ0n) is 51.7. The third-order valence-corrected chi connectivity index (χ3v) is 22.6. The van der Waals surface area contributed by atoms with Crippen molar-refractivity contribution in [3.8, 4) is 0 Å². The summed E-state index contributed by atoms with van der Waals surface area (Å²) < 4.78 is 60.9. The second-order valence-corrected chi connectivity index (χ2v) is 30.3. The number of benzene rings is 3. The van der Waals surface area contributed by atoms with Gasteiger partial charge in [-0.2, -0.15) is 0 Å². The molecule has 10 N–H and O–H groups in total. The van der Waals surface area contributed by atoms with E-state index in [2.05, 4.69) is 31.9 Å². The molecule has 6 fully saturated rings. The SMILES string of the molecule is CC1[C@H](O[C@H]2C(NC(=O)OCc3ccccc3)C[C@@H](CC(=O)/C=C/C(=O)N[C@@H]3CC(NC(=O)OCc4ccccc4)[C@H](O[C@@H]4O[C@@H]5CNC(=O)O[C@@H]5C(O[Si](C)(C)C(C)(C)C)C4NC(=O)OCc4ccccc4)C(O)C3O)C(O)[C@H]2O)OC2CNC(=O)O[C@@H]2[C@@H]1C. The Balaban J connectivity index is 0.908. The molecule has 20 atom stereocenters. The van der Waals surface area contributed by atoms with Gasteiger partial charge >= 0.3 is 30.5 Å². The molecule has 9 unspecified atom stereocenters. The second kappa shape index (κ2) is 30.0. The Labute approximate surface area is 527 Å². The van der Waals surface area contributed by atoms with Crippen LogP contribution in [0.1, 0.15) is 70.6 Å². The number of alkyl carbamates (subject to hydrolysis) is 5. The Kier molecular flexibility index (Phi) is 22.5. The molecule has 4 heterocycles. The van der Waals surface area contributed by atoms with Crippen LogP contribution in [0, 0.1) is 17.8 Å². The van der Waals surface area contributed by atoms with Crippen molar-refractivity contribution in [3.63, 3.8) is 0 Å². The Morgan fingerprint density at radius 3 is 1.56 bits per heavy atom. The number of nitrogens with one attached hydrogen (secondary N) is 6. The van der Waals surface area contributed by atoms with Gasteiger partial charge in [0.05, 0.1) is 37.3 Å². The summed E-state index contributed by atoms with van der Waals surface area (Å²) in [7, 11) is -2.83. The van der Waals surface area contributed by atoms with Gasteiger partial charge in [-0.3, -0.25) is 9.59 Å². The van der Waals surface area contributed by atoms with Gasteiger partial charge in [-0.25, -0.2) is 24.0 Å². The van der Waals surface area contributed by atoms with Crippen molar-refractivity contribution in [2.45, 2.75) is 196 Å². The maximum atomic E-state index is 13.9. The van der Waals surface area contributed by atoms with E-state index in [1.54, 1.807) is 78.9 Å². The first-order valence-electron chi connectivity index (χ1n) is 30.7. The highest BCUT2D eigenvalue weighted by Crippen LogP contribution is 2.42. The van der Waals surface area contributed by atoms with Crippen LogP contribution >= 0.6 is 0 Å². The number of hydrogen-bond donors (Lipinski definition) is 10. The van der Waals surface area contributed by atoms with Gasteiger partial charge in [-0.05, 0) is 59.7 Å². The van der Waals surface area contributed by atoms with Gasteiger partial charge in [0.15, 0.2) is 32.8 Å². The van der Waals surface area contributed by atoms with Crippen LogP contribution in [0.3, 0.4) is 0 Å². The molecule has 2 saturated carbocycles. The maximum absolute atomic E-state index is 13.9. The van der Waals surface area contributed by atoms with E-state index < -0.39 is 178 Å². The van der Waals surface area contributed by atoms with Crippen LogP contribution < -0.4 is 31.9 Å². The van der Waals surface area contributed by atoms with Crippen LogP contribution in [-0.2, 0) is 76.5 Å². The molecule has 4 saturated heterocycles. The molecule has 27 nitrogen and oxygen atoms in total. The Morgan fingerprint density at radius 1 is 0.571 bits per heavy atom. The molecule has 496 valence electrons. The van der Waals surface area contributed by atoms with Gasteiger partial charge in [-0.15, -0.1) is 0 Å². The van der Waals surface area contributed by atoms with Crippen LogP contribution in [0.5, 0.6) is 0 Å². The average Bonchev–Trinajstić information content (AvgIpc) is 0.777. The van der Waals surface area contributed by atoms with E-state index in [-0.39, 0.29) is 51.7 Å². The van der Waals surface area contributed by atoms with Crippen LogP contribution in [0.2, 0.25) is 18.1 Å². The molecule has 3 aromatic rings. The molecule has 0 spiro atoms. The maximum Gasteiger partial charge on any atom is 0.407 e. The first-order chi connectivity index (χ1) is 43.3. The summed E-state index contributed by atoms with van der Waals surface area (Å²) in [6.07, 6.45) is -20.1. The van der Waals surface area contributed by atoms with Gasteiger partial charge in [0.1, 0.15) is 80.8 Å². The number of rotatable bonds is 20. The van der Waals surface area contributed by atoms with E-state index in [9.17, 15) is 54.0 Å². The highest BCUT2D eigenvalue weighted by Gasteiger charge is 2.57. The van der Waals surface area contributed by atoms with Gasteiger partial charge in [0.2, 0.25) is 5.91 Å². The molecule has 0 aromatic heterocycles. The number of aliphatic hydroxyl groups excluding tert-OH is 4. The lowest BCUT2D eigenvalue weighted by Crippen LogP contribution is -2.72. The van der Waals surface area contributed by atoms with Crippen molar-refractivity contribution in [1.82, 2.24) is 31.9 Å². The van der Waals surface area contributed by atoms with Crippen molar-refractivity contribution in [3.05, 3.63) is 120 Å². The summed E-state index contributed by atoms with van der Waals surface area (Å²) in [5.74, 6) is -3.28. The van der Waals surface area contributed by atoms with E-state index in [4.69, 9.17) is 47.1 Å². The predicted octanol–water partition coefficient (Wildman–Crippen LogP) is 3.84. The fraction of sp³-hybridized carbons (Fsp3) is 0.571. The van der Waals surface area contributed by atoms with E-state index >= 15 is 0 Å². The lowest BCUT2D eigenvalue weighted by atomic mass is 9.76. The summed E-state index contributed by atoms with van der Waals surface area (Å²) in [4.78, 5) is 93.6. The van der Waals surface area contributed by atoms with Gasteiger partial charge in [0.25, 0.3) is 0 Å². The molecule has 0 bridgehead atoms. The minimum Gasteiger partial charge on any atom is -0.445 e. The largest absolute Gasteiger partial charge is 0.445 e. The molecule has 6 aliphatic rings. The van der Waals surface area contributed by atoms with Crippen molar-refractivity contribution in [2.24, 2.45) is 17.8 Å². The number of carbonyl (C=O) groups excluding carboxylic acids is 7. The number of amides is 6. The van der Waals surface area contributed by atoms with Crippen LogP contribution in [0.25, 0.3) is 0 Å². The number of carbonyl (C=O) groups is 7. The third-order valence-electron chi connectivity index (χ3n) is 18.2. The highest BCUT2D eigenvalue weighted by molar-refractivity contribution is 6.74. The van der Waals surface area contributed by atoms with E-state index in [0.717, 1.165) is 12.2 Å². The molecule has 4 aliphatic heterocycles. The number of aliphatic hydroxyl groups is 4. The molecule has 28 heteroatoms. The summed E-state index contributed by atoms with van der Waals surface area (Å²) in [5, 5.41) is 63.2. The monoisotopic (exact) mass is 1290 g/mol. The standard InChI is InChI=1S/C63H84N6O21Si/c1-33-34(2)56(84-43-28-64-58(76)88-51(33)43)86-52-41(67-60(78)81-30-35-17-11-8-12-18-35)26-38(47(72)49(52)74)25-39(70)23-24-45(71)66-40-27-42(68-61(79)82-31-36-19-13-9-14-20-36)53(50(75)48(40)73)87-57-46(69-62(80)83-32-37-21-15-10-16-22-37)55(90-91(6,7)63(3,4)5)54-44(85-57)29-65-59(77)89-54/h8-24,33-34,38,40-44,46-57,72-75H,25-32H2,1-7H3,(H,64,76)(H,65,77)(H,66,71)(H,67,78)(H,68,79)(H,69,80)/b24-23+/t33-,34?,38-,40-,41?,42?,43?,44-,46?,47?,48?,49-,50?,51-,52+,53+,54+,55?,56+,57+/m1/s1. The molecule has 6 amide bonds. The molecular formula is C63H84N6O21Si. The zero-order chi connectivity index (χ0) is 65.3. The molecule has 9 rings (SSSR count). The van der Waals surface area contributed by atoms with Crippen molar-refractivity contribution in [1.29, 1.82) is 0 Å². The topological polar surface area (TPSA) is 365 Å². The Bertz CT molecular complexity index is 3020. The van der Waals surface area contributed by atoms with Crippen LogP contribution in [0.4, 0.5) is 24.0 Å². The molecule has 2 aliphatic carbocycles. The number of hydrogen-bond acceptors (Lipinski definition) is 21. The number of fused-ring (bicyclic) bond motifs is 2. The van der Waals surface area contributed by atoms with Crippen LogP contribution in [0.15, 0.2) is 103 Å². The van der Waals surface area contributed by atoms with E-state index in [0.29, 0.717) is 16.7 Å². The van der Waals surface area contributed by atoms with Crippen LogP contribution in [-0.4, -0.2) is 188 Å². The average molecular weight is 1290 g/mol. The number of allylic oxidation sites excluding steroid dienone is 1. The fourth-order valence-electron chi connectivity index (χ4n) is 11.9. The minimum absolute atomic E-state index is 0.0846. The molecular weight excluding hydrogens is 1200 g/mol. The van der Waals surface area contributed by atoms with Crippen molar-refractivity contribution in [2.75, 3.05) is 13.1 Å². The third kappa shape index (κ3) is 17.3. The summed E-state index contributed by atoms with van der Waals surface area (Å²) in [5.41, 5.74) is 2.02. The van der Waals surface area contributed by atoms with E-state index in [1.165, 1.54) is 0 Å². The molecule has 0 radical (unpaired) electrons. The molecule has 91 heavy (non-hydrogen) atoms. The predicted molar refractivity (Wildman–Crippen MR) is 322 cm³/mol. The summed E-state index contributed by atoms with van der Waals surface area (Å²) in [6.45, 7) is 13.2. The smallest absolute Gasteiger partial charge is 0.407 e. The van der Waals surface area contributed by atoms with Gasteiger partial charge < -0.3 is 99.4 Å². The summed E-state index contributed by atoms with van der Waals surface area (Å²) in [6, 6.07) is 21.5. The Morgan fingerprint density at radius 2 is 1.03 bits per heavy atom. The van der Waals surface area contributed by atoms with Crippen molar-refractivity contribution < 1.29 is 101 Å². The lowest BCUT2D eigenvalue weighted by Gasteiger charge is -2.52. The first-order valence-corrected chi connectivity index (χ1v) is 33.6. The second-order valence-electron chi connectivity index (χ2n) is 25.5. The van der Waals surface area contributed by atoms with E-state index in [1.807, 2.05) is 59.8 Å². The van der Waals surface area contributed by atoms with Gasteiger partial charge in [-0.1, -0.05) is 126 Å². The normalized spacial score (nSPS) is 33.2. The minimum atomic E-state index is -2.83. The quantitative estimate of drug-likeness (QED) is 0.0436.